The number of carbonyl (C=O) groups is 1. The molecule has 0 unspecified atom stereocenters. The second-order valence-corrected chi connectivity index (χ2v) is 5.50. The first kappa shape index (κ1) is 13.4. The Hall–Kier alpha value is -1.71. The lowest BCUT2D eigenvalue weighted by molar-refractivity contribution is 0.0697. The normalized spacial score (nSPS) is 11.3. The molecule has 4 heteroatoms. The summed E-state index contributed by atoms with van der Waals surface area (Å²) in [4.78, 5) is 13.1. The van der Waals surface area contributed by atoms with Crippen LogP contribution in [0.1, 0.15) is 31.1 Å². The van der Waals surface area contributed by atoms with E-state index in [0.29, 0.717) is 11.4 Å². The molecular formula is C13H20N2O2. The van der Waals surface area contributed by atoms with Crippen LogP contribution in [-0.4, -0.2) is 24.7 Å². The Morgan fingerprint density at radius 1 is 1.41 bits per heavy atom. The van der Waals surface area contributed by atoms with Gasteiger partial charge in [-0.3, -0.25) is 0 Å². The van der Waals surface area contributed by atoms with Gasteiger partial charge in [-0.15, -0.1) is 0 Å². The first-order valence-corrected chi connectivity index (χ1v) is 5.55. The third-order valence-corrected chi connectivity index (χ3v) is 2.37. The predicted octanol–water partition coefficient (Wildman–Crippen LogP) is 2.45. The van der Waals surface area contributed by atoms with E-state index >= 15 is 0 Å². The molecule has 0 aliphatic rings. The first-order chi connectivity index (χ1) is 7.70. The summed E-state index contributed by atoms with van der Waals surface area (Å²) in [7, 11) is 1.89. The van der Waals surface area contributed by atoms with Crippen molar-refractivity contribution in [3.05, 3.63) is 23.8 Å². The Labute approximate surface area is 102 Å². The highest BCUT2D eigenvalue weighted by Crippen LogP contribution is 2.25. The number of benzene rings is 1. The summed E-state index contributed by atoms with van der Waals surface area (Å²) in [6.45, 7) is 7.11. The van der Waals surface area contributed by atoms with Crippen molar-refractivity contribution >= 4 is 17.3 Å². The van der Waals surface area contributed by atoms with Crippen molar-refractivity contribution in [1.29, 1.82) is 0 Å². The molecule has 0 aromatic heterocycles. The molecule has 0 fully saturated rings. The molecule has 17 heavy (non-hydrogen) atoms. The van der Waals surface area contributed by atoms with Crippen molar-refractivity contribution in [3.63, 3.8) is 0 Å². The summed E-state index contributed by atoms with van der Waals surface area (Å²) in [6.07, 6.45) is 0. The molecular weight excluding hydrogens is 216 g/mol. The van der Waals surface area contributed by atoms with E-state index in [1.807, 2.05) is 11.9 Å². The molecule has 0 saturated heterocycles. The fourth-order valence-electron chi connectivity index (χ4n) is 1.85. The zero-order valence-corrected chi connectivity index (χ0v) is 10.8. The highest BCUT2D eigenvalue weighted by molar-refractivity contribution is 5.95. The van der Waals surface area contributed by atoms with Crippen LogP contribution in [0.2, 0.25) is 0 Å². The molecule has 1 aromatic rings. The number of nitrogens with two attached hydrogens (primary N) is 1. The van der Waals surface area contributed by atoms with Gasteiger partial charge in [0, 0.05) is 19.3 Å². The van der Waals surface area contributed by atoms with E-state index < -0.39 is 5.97 Å². The molecule has 1 aromatic carbocycles. The van der Waals surface area contributed by atoms with Crippen LogP contribution >= 0.6 is 0 Å². The van der Waals surface area contributed by atoms with Gasteiger partial charge in [-0.05, 0) is 23.6 Å². The standard InChI is InChI=1S/C13H20N2O2/c1-13(2,3)8-15(4)11-6-5-9(14)7-10(11)12(16)17/h5-7H,8,14H2,1-4H3,(H,16,17). The van der Waals surface area contributed by atoms with Crippen molar-refractivity contribution in [2.75, 3.05) is 24.2 Å². The molecule has 0 atom stereocenters. The topological polar surface area (TPSA) is 66.6 Å². The monoisotopic (exact) mass is 236 g/mol. The van der Waals surface area contributed by atoms with Crippen molar-refractivity contribution in [2.45, 2.75) is 20.8 Å². The average molecular weight is 236 g/mol. The minimum absolute atomic E-state index is 0.103. The maximum atomic E-state index is 11.2. The summed E-state index contributed by atoms with van der Waals surface area (Å²) in [5.41, 5.74) is 7.12. The van der Waals surface area contributed by atoms with E-state index in [2.05, 4.69) is 20.8 Å². The summed E-state index contributed by atoms with van der Waals surface area (Å²) >= 11 is 0. The van der Waals surface area contributed by atoms with Gasteiger partial charge >= 0.3 is 5.97 Å². The molecule has 3 N–H and O–H groups in total. The second kappa shape index (κ2) is 4.65. The van der Waals surface area contributed by atoms with Gasteiger partial charge in [0.25, 0.3) is 0 Å². The quantitative estimate of drug-likeness (QED) is 0.791. The Morgan fingerprint density at radius 2 is 2.00 bits per heavy atom. The third kappa shape index (κ3) is 3.66. The SMILES string of the molecule is CN(CC(C)(C)C)c1ccc(N)cc1C(=O)O. The van der Waals surface area contributed by atoms with Crippen LogP contribution in [0.25, 0.3) is 0 Å². The molecule has 0 bridgehead atoms. The fourth-order valence-corrected chi connectivity index (χ4v) is 1.85. The maximum Gasteiger partial charge on any atom is 0.337 e. The largest absolute Gasteiger partial charge is 0.478 e. The Bertz CT molecular complexity index is 422. The fraction of sp³-hybridized carbons (Fsp3) is 0.462. The lowest BCUT2D eigenvalue weighted by Crippen LogP contribution is -2.30. The maximum absolute atomic E-state index is 11.2. The van der Waals surface area contributed by atoms with Crippen LogP contribution in [-0.2, 0) is 0 Å². The summed E-state index contributed by atoms with van der Waals surface area (Å²) in [5, 5.41) is 9.16. The van der Waals surface area contributed by atoms with Crippen LogP contribution in [0, 0.1) is 5.41 Å². The Morgan fingerprint density at radius 3 is 2.47 bits per heavy atom. The number of nitrogens with zero attached hydrogens (tertiary/aromatic N) is 1. The number of carboxylic acids is 1. The number of aromatic carboxylic acids is 1. The molecule has 4 nitrogen and oxygen atoms in total. The van der Waals surface area contributed by atoms with Gasteiger partial charge in [0.05, 0.1) is 11.3 Å². The van der Waals surface area contributed by atoms with Gasteiger partial charge in [-0.25, -0.2) is 4.79 Å². The van der Waals surface area contributed by atoms with E-state index in [9.17, 15) is 4.79 Å². The van der Waals surface area contributed by atoms with E-state index in [0.717, 1.165) is 6.54 Å². The van der Waals surface area contributed by atoms with E-state index in [4.69, 9.17) is 10.8 Å². The van der Waals surface area contributed by atoms with Gasteiger partial charge in [0.2, 0.25) is 0 Å². The van der Waals surface area contributed by atoms with E-state index in [1.54, 1.807) is 12.1 Å². The highest BCUT2D eigenvalue weighted by Gasteiger charge is 2.18. The predicted molar refractivity (Wildman–Crippen MR) is 70.5 cm³/mol. The zero-order chi connectivity index (χ0) is 13.2. The molecule has 0 spiro atoms. The average Bonchev–Trinajstić information content (AvgIpc) is 2.14. The lowest BCUT2D eigenvalue weighted by atomic mass is 9.95. The first-order valence-electron chi connectivity index (χ1n) is 5.55. The minimum Gasteiger partial charge on any atom is -0.478 e. The smallest absolute Gasteiger partial charge is 0.337 e. The minimum atomic E-state index is -0.951. The zero-order valence-electron chi connectivity index (χ0n) is 10.8. The second-order valence-electron chi connectivity index (χ2n) is 5.50. The van der Waals surface area contributed by atoms with Crippen molar-refractivity contribution in [1.82, 2.24) is 0 Å². The molecule has 0 aliphatic heterocycles. The van der Waals surface area contributed by atoms with Gasteiger partial charge in [-0.1, -0.05) is 20.8 Å². The van der Waals surface area contributed by atoms with E-state index in [1.165, 1.54) is 6.07 Å². The number of hydrogen-bond acceptors (Lipinski definition) is 3. The van der Waals surface area contributed by atoms with Gasteiger partial charge in [0.1, 0.15) is 0 Å². The van der Waals surface area contributed by atoms with Crippen molar-refractivity contribution in [3.8, 4) is 0 Å². The molecule has 0 heterocycles. The molecule has 0 amide bonds. The van der Waals surface area contributed by atoms with Crippen molar-refractivity contribution in [2.24, 2.45) is 5.41 Å². The third-order valence-electron chi connectivity index (χ3n) is 2.37. The van der Waals surface area contributed by atoms with Crippen LogP contribution in [0.3, 0.4) is 0 Å². The van der Waals surface area contributed by atoms with Gasteiger partial charge < -0.3 is 15.7 Å². The summed E-state index contributed by atoms with van der Waals surface area (Å²) in [6, 6.07) is 4.97. The van der Waals surface area contributed by atoms with Crippen molar-refractivity contribution < 1.29 is 9.90 Å². The number of rotatable bonds is 3. The molecule has 0 aliphatic carbocycles. The number of nitrogen functional groups attached to an aromatic ring is 1. The lowest BCUT2D eigenvalue weighted by Gasteiger charge is -2.29. The van der Waals surface area contributed by atoms with Gasteiger partial charge in [-0.2, -0.15) is 0 Å². The van der Waals surface area contributed by atoms with Crippen LogP contribution in [0.15, 0.2) is 18.2 Å². The van der Waals surface area contributed by atoms with E-state index in [-0.39, 0.29) is 11.0 Å². The van der Waals surface area contributed by atoms with Crippen LogP contribution < -0.4 is 10.6 Å². The summed E-state index contributed by atoms with van der Waals surface area (Å²) in [5.74, 6) is -0.951. The molecule has 0 radical (unpaired) electrons. The molecule has 1 rings (SSSR count). The molecule has 0 saturated carbocycles. The van der Waals surface area contributed by atoms with Gasteiger partial charge in [0.15, 0.2) is 0 Å². The number of anilines is 2. The molecule has 94 valence electrons. The Balaban J connectivity index is 3.09. The highest BCUT2D eigenvalue weighted by atomic mass is 16.4. The summed E-state index contributed by atoms with van der Waals surface area (Å²) < 4.78 is 0. The van der Waals surface area contributed by atoms with Crippen LogP contribution in [0.5, 0.6) is 0 Å². The number of carboxylic acid groups (broad SMARTS) is 1. The Kier molecular flexibility index (Phi) is 3.66. The van der Waals surface area contributed by atoms with Crippen LogP contribution in [0.4, 0.5) is 11.4 Å². The number of hydrogen-bond donors (Lipinski definition) is 2.